The summed E-state index contributed by atoms with van der Waals surface area (Å²) in [5.74, 6) is 1.10. The molecule has 0 unspecified atom stereocenters. The minimum atomic E-state index is -0.682. The number of hydrogen-bond donors (Lipinski definition) is 0. The molecule has 0 saturated carbocycles. The molecule has 0 spiro atoms. The number of piperazine rings is 1. The molecule has 0 aliphatic carbocycles. The van der Waals surface area contributed by atoms with Gasteiger partial charge in [0.1, 0.15) is 0 Å². The molecule has 3 heteroatoms. The van der Waals surface area contributed by atoms with Crippen LogP contribution in [-0.4, -0.2) is 60.7 Å². The molecule has 1 rings (SSSR count). The van der Waals surface area contributed by atoms with E-state index in [1.54, 1.807) is 0 Å². The lowest BCUT2D eigenvalue weighted by atomic mass is 10.4. The molecule has 1 saturated heterocycles. The van der Waals surface area contributed by atoms with Gasteiger partial charge in [0.2, 0.25) is 0 Å². The Balaban J connectivity index is 2.53. The largest absolute Gasteiger partial charge is 0.304 e. The molecule has 1 fully saturated rings. The molecule has 0 amide bonds. The summed E-state index contributed by atoms with van der Waals surface area (Å²) in [5.41, 5.74) is 1.17. The molecule has 2 nitrogen and oxygen atoms in total. The van der Waals surface area contributed by atoms with Gasteiger partial charge in [0, 0.05) is 31.9 Å². The third-order valence-corrected chi connectivity index (χ3v) is 5.83. The van der Waals surface area contributed by atoms with Crippen molar-refractivity contribution in [1.82, 2.24) is 9.21 Å². The molecule has 0 aromatic heterocycles. The topological polar surface area (TPSA) is 6.48 Å². The molecule has 1 aliphatic heterocycles. The van der Waals surface area contributed by atoms with Crippen molar-refractivity contribution in [2.75, 3.05) is 51.5 Å². The summed E-state index contributed by atoms with van der Waals surface area (Å²) in [5, 5.41) is 0. The molecule has 0 atom stereocenters. The lowest BCUT2D eigenvalue weighted by molar-refractivity contribution is 0.230. The van der Waals surface area contributed by atoms with Crippen LogP contribution in [-0.2, 0) is 0 Å². The highest BCUT2D eigenvalue weighted by Gasteiger charge is 2.24. The second kappa shape index (κ2) is 5.19. The Morgan fingerprint density at radius 3 is 2.27 bits per heavy atom. The van der Waals surface area contributed by atoms with Crippen LogP contribution in [0, 0.1) is 0 Å². The Labute approximate surface area is 96.1 Å². The zero-order chi connectivity index (χ0) is 11.5. The predicted octanol–water partition coefficient (Wildman–Crippen LogP) is 1.96. The fourth-order valence-corrected chi connectivity index (χ4v) is 4.25. The summed E-state index contributed by atoms with van der Waals surface area (Å²) in [6.45, 7) is 12.6. The van der Waals surface area contributed by atoms with Gasteiger partial charge in [-0.3, -0.25) is 4.31 Å². The number of likely N-dealkylation sites (N-methyl/N-ethyl adjacent to an activating group) is 1. The van der Waals surface area contributed by atoms with Gasteiger partial charge in [-0.1, -0.05) is 19.2 Å². The van der Waals surface area contributed by atoms with Crippen LogP contribution in [0.5, 0.6) is 0 Å². The van der Waals surface area contributed by atoms with Crippen LogP contribution in [0.4, 0.5) is 0 Å². The SMILES string of the molecule is C=CC(=C)CS(C)(C)N1CCN(C)CC1. The van der Waals surface area contributed by atoms with Crippen molar-refractivity contribution in [3.05, 3.63) is 24.8 Å². The standard InChI is InChI=1S/C12H24N2S/c1-6-12(2)11-15(4,5)14-9-7-13(3)8-10-14/h6H,1-2,7-11H2,3-5H3. The van der Waals surface area contributed by atoms with Crippen LogP contribution < -0.4 is 0 Å². The molecule has 1 aliphatic rings. The Hall–Kier alpha value is -0.250. The highest BCUT2D eigenvalue weighted by Crippen LogP contribution is 2.45. The smallest absolute Gasteiger partial charge is 0.0202 e. The molecule has 0 radical (unpaired) electrons. The molecular weight excluding hydrogens is 204 g/mol. The second-order valence-electron chi connectivity index (χ2n) is 4.72. The van der Waals surface area contributed by atoms with E-state index in [2.05, 4.69) is 41.9 Å². The fraction of sp³-hybridized carbons (Fsp3) is 0.667. The van der Waals surface area contributed by atoms with Gasteiger partial charge in [-0.25, -0.2) is 0 Å². The first kappa shape index (κ1) is 12.8. The normalized spacial score (nSPS) is 21.3. The van der Waals surface area contributed by atoms with Gasteiger partial charge in [-0.05, 0) is 25.1 Å². The third-order valence-electron chi connectivity index (χ3n) is 2.99. The van der Waals surface area contributed by atoms with E-state index in [0.717, 1.165) is 5.75 Å². The van der Waals surface area contributed by atoms with E-state index < -0.39 is 10.2 Å². The van der Waals surface area contributed by atoms with Crippen LogP contribution >= 0.6 is 10.2 Å². The lowest BCUT2D eigenvalue weighted by Crippen LogP contribution is -2.45. The lowest BCUT2D eigenvalue weighted by Gasteiger charge is -2.47. The maximum absolute atomic E-state index is 4.03. The second-order valence-corrected chi connectivity index (χ2v) is 8.48. The molecule has 88 valence electrons. The van der Waals surface area contributed by atoms with Crippen LogP contribution in [0.3, 0.4) is 0 Å². The number of hydrogen-bond acceptors (Lipinski definition) is 2. The summed E-state index contributed by atoms with van der Waals surface area (Å²) < 4.78 is 2.64. The van der Waals surface area contributed by atoms with Crippen molar-refractivity contribution in [2.45, 2.75) is 0 Å². The first-order chi connectivity index (χ1) is 6.95. The maximum Gasteiger partial charge on any atom is 0.0202 e. The monoisotopic (exact) mass is 228 g/mol. The minimum absolute atomic E-state index is 0.682. The van der Waals surface area contributed by atoms with Crippen molar-refractivity contribution in [2.24, 2.45) is 0 Å². The van der Waals surface area contributed by atoms with Crippen molar-refractivity contribution < 1.29 is 0 Å². The maximum atomic E-state index is 4.03. The first-order valence-corrected chi connectivity index (χ1v) is 7.98. The van der Waals surface area contributed by atoms with Gasteiger partial charge >= 0.3 is 0 Å². The predicted molar refractivity (Wildman–Crippen MR) is 72.7 cm³/mol. The van der Waals surface area contributed by atoms with E-state index in [9.17, 15) is 0 Å². The van der Waals surface area contributed by atoms with E-state index in [-0.39, 0.29) is 0 Å². The van der Waals surface area contributed by atoms with E-state index in [1.165, 1.54) is 31.8 Å². The molecule has 0 bridgehead atoms. The molecule has 1 heterocycles. The van der Waals surface area contributed by atoms with Crippen LogP contribution in [0.25, 0.3) is 0 Å². The number of nitrogens with zero attached hydrogens (tertiary/aromatic N) is 2. The van der Waals surface area contributed by atoms with Crippen LogP contribution in [0.2, 0.25) is 0 Å². The average Bonchev–Trinajstić information content (AvgIpc) is 2.17. The van der Waals surface area contributed by atoms with Crippen molar-refractivity contribution >= 4 is 10.2 Å². The highest BCUT2D eigenvalue weighted by molar-refractivity contribution is 8.30. The Morgan fingerprint density at radius 2 is 1.80 bits per heavy atom. The minimum Gasteiger partial charge on any atom is -0.304 e. The average molecular weight is 228 g/mol. The zero-order valence-corrected chi connectivity index (χ0v) is 11.1. The summed E-state index contributed by atoms with van der Waals surface area (Å²) in [6, 6.07) is 0. The molecule has 15 heavy (non-hydrogen) atoms. The van der Waals surface area contributed by atoms with Gasteiger partial charge in [0.25, 0.3) is 0 Å². The van der Waals surface area contributed by atoms with Gasteiger partial charge in [-0.15, -0.1) is 0 Å². The summed E-state index contributed by atoms with van der Waals surface area (Å²) in [7, 11) is 1.51. The van der Waals surface area contributed by atoms with Gasteiger partial charge in [0.05, 0.1) is 0 Å². The van der Waals surface area contributed by atoms with Crippen LogP contribution in [0.1, 0.15) is 0 Å². The molecule has 0 aromatic carbocycles. The molecular formula is C12H24N2S. The Bertz CT molecular complexity index is 240. The Kier molecular flexibility index (Phi) is 4.44. The van der Waals surface area contributed by atoms with E-state index in [0.29, 0.717) is 0 Å². The number of rotatable bonds is 4. The van der Waals surface area contributed by atoms with E-state index in [4.69, 9.17) is 0 Å². The first-order valence-electron chi connectivity index (χ1n) is 5.40. The fourth-order valence-electron chi connectivity index (χ4n) is 1.89. The van der Waals surface area contributed by atoms with Crippen molar-refractivity contribution in [3.63, 3.8) is 0 Å². The number of allylic oxidation sites excluding steroid dienone is 1. The van der Waals surface area contributed by atoms with E-state index in [1.807, 2.05) is 6.08 Å². The molecule has 0 N–H and O–H groups in total. The Morgan fingerprint density at radius 1 is 1.27 bits per heavy atom. The summed E-state index contributed by atoms with van der Waals surface area (Å²) >= 11 is 0. The zero-order valence-electron chi connectivity index (χ0n) is 10.3. The summed E-state index contributed by atoms with van der Waals surface area (Å²) in [6.07, 6.45) is 6.66. The quantitative estimate of drug-likeness (QED) is 0.679. The van der Waals surface area contributed by atoms with Crippen molar-refractivity contribution in [1.29, 1.82) is 0 Å². The summed E-state index contributed by atoms with van der Waals surface area (Å²) in [4.78, 5) is 2.40. The molecule has 0 aromatic rings. The van der Waals surface area contributed by atoms with Gasteiger partial charge in [0.15, 0.2) is 0 Å². The third kappa shape index (κ3) is 3.67. The van der Waals surface area contributed by atoms with Gasteiger partial charge < -0.3 is 4.90 Å². The highest BCUT2D eigenvalue weighted by atomic mass is 32.3. The van der Waals surface area contributed by atoms with Crippen molar-refractivity contribution in [3.8, 4) is 0 Å². The van der Waals surface area contributed by atoms with Gasteiger partial charge in [-0.2, -0.15) is 10.2 Å². The van der Waals surface area contributed by atoms with Crippen LogP contribution in [0.15, 0.2) is 24.8 Å². The van der Waals surface area contributed by atoms with E-state index >= 15 is 0 Å².